The number of aromatic hydroxyl groups is 1. The molecule has 4 rings (SSSR count). The molecule has 0 bridgehead atoms. The van der Waals surface area contributed by atoms with Crippen LogP contribution in [-0.4, -0.2) is 9.67 Å². The Morgan fingerprint density at radius 2 is 1.56 bits per heavy atom. The predicted octanol–water partition coefficient (Wildman–Crippen LogP) is 6.19. The van der Waals surface area contributed by atoms with Gasteiger partial charge in [-0.15, -0.1) is 0 Å². The van der Waals surface area contributed by atoms with Gasteiger partial charge in [0.25, 0.3) is 0 Å². The molecule has 124 valence electrons. The first-order valence-corrected chi connectivity index (χ1v) is 9.22. The molecule has 0 saturated carbocycles. The van der Waals surface area contributed by atoms with Gasteiger partial charge < -0.3 is 9.67 Å². The van der Waals surface area contributed by atoms with E-state index in [1.54, 1.807) is 17.8 Å². The number of phenols is 1. The van der Waals surface area contributed by atoms with Crippen molar-refractivity contribution >= 4 is 22.7 Å². The van der Waals surface area contributed by atoms with Crippen LogP contribution in [0.5, 0.6) is 5.75 Å². The quantitative estimate of drug-likeness (QED) is 0.477. The van der Waals surface area contributed by atoms with E-state index in [-0.39, 0.29) is 0 Å². The smallest absolute Gasteiger partial charge is 0.116 e. The lowest BCUT2D eigenvalue weighted by Crippen LogP contribution is -1.96. The van der Waals surface area contributed by atoms with Crippen LogP contribution in [0.1, 0.15) is 6.92 Å². The van der Waals surface area contributed by atoms with Crippen molar-refractivity contribution in [3.63, 3.8) is 0 Å². The second-order valence-electron chi connectivity index (χ2n) is 5.96. The number of benzene rings is 3. The van der Waals surface area contributed by atoms with Crippen LogP contribution in [0.3, 0.4) is 0 Å². The van der Waals surface area contributed by atoms with E-state index in [2.05, 4.69) is 66.1 Å². The van der Waals surface area contributed by atoms with Crippen LogP contribution in [0, 0.1) is 0 Å². The highest BCUT2D eigenvalue weighted by Crippen LogP contribution is 2.33. The average molecular weight is 345 g/mol. The van der Waals surface area contributed by atoms with Crippen molar-refractivity contribution in [2.24, 2.45) is 0 Å². The first kappa shape index (κ1) is 15.9. The minimum Gasteiger partial charge on any atom is -0.508 e. The summed E-state index contributed by atoms with van der Waals surface area (Å²) in [6.45, 7) is 3.04. The van der Waals surface area contributed by atoms with E-state index in [9.17, 15) is 5.11 Å². The van der Waals surface area contributed by atoms with Crippen molar-refractivity contribution in [1.29, 1.82) is 0 Å². The Balaban J connectivity index is 1.69. The Labute approximate surface area is 151 Å². The number of aryl methyl sites for hydroxylation is 1. The molecule has 1 heterocycles. The van der Waals surface area contributed by atoms with Crippen LogP contribution in [0.15, 0.2) is 88.7 Å². The largest absolute Gasteiger partial charge is 0.508 e. The number of hydrogen-bond acceptors (Lipinski definition) is 2. The van der Waals surface area contributed by atoms with E-state index in [0.717, 1.165) is 17.4 Å². The zero-order valence-electron chi connectivity index (χ0n) is 14.0. The van der Waals surface area contributed by atoms with Gasteiger partial charge in [0.15, 0.2) is 0 Å². The van der Waals surface area contributed by atoms with Crippen molar-refractivity contribution in [1.82, 2.24) is 4.57 Å². The summed E-state index contributed by atoms with van der Waals surface area (Å²) in [4.78, 5) is 2.47. The highest BCUT2D eigenvalue weighted by atomic mass is 32.2. The van der Waals surface area contributed by atoms with E-state index in [1.165, 1.54) is 21.0 Å². The van der Waals surface area contributed by atoms with Crippen LogP contribution in [0.25, 0.3) is 22.2 Å². The summed E-state index contributed by atoms with van der Waals surface area (Å²) in [6.07, 6.45) is 0. The SMILES string of the molecule is CCn1c(-c2ccc(Sc3ccccc3)cc2)cc2cc(O)ccc21. The molecular weight excluding hydrogens is 326 g/mol. The van der Waals surface area contributed by atoms with Crippen LogP contribution < -0.4 is 0 Å². The molecule has 2 nitrogen and oxygen atoms in total. The Hall–Kier alpha value is -2.65. The normalized spacial score (nSPS) is 11.1. The van der Waals surface area contributed by atoms with Gasteiger partial charge in [0.2, 0.25) is 0 Å². The number of rotatable bonds is 4. The average Bonchev–Trinajstić information content (AvgIpc) is 3.00. The monoisotopic (exact) mass is 345 g/mol. The van der Waals surface area contributed by atoms with E-state index in [4.69, 9.17) is 0 Å². The molecule has 0 saturated heterocycles. The molecule has 0 atom stereocenters. The van der Waals surface area contributed by atoms with Crippen LogP contribution in [0.4, 0.5) is 0 Å². The standard InChI is InChI=1S/C22H19NOS/c1-2-23-21-13-10-18(24)14-17(21)15-22(23)16-8-11-20(12-9-16)25-19-6-4-3-5-7-19/h3-15,24H,2H2,1H3. The third kappa shape index (κ3) is 3.15. The van der Waals surface area contributed by atoms with E-state index >= 15 is 0 Å². The maximum absolute atomic E-state index is 9.74. The molecule has 0 aliphatic carbocycles. The molecule has 1 aromatic heterocycles. The van der Waals surface area contributed by atoms with Gasteiger partial charge in [-0.1, -0.05) is 42.1 Å². The highest BCUT2D eigenvalue weighted by Gasteiger charge is 2.10. The lowest BCUT2D eigenvalue weighted by molar-refractivity contribution is 0.476. The Bertz CT molecular complexity index is 1000. The lowest BCUT2D eigenvalue weighted by Gasteiger charge is -2.09. The molecule has 3 aromatic carbocycles. The fourth-order valence-electron chi connectivity index (χ4n) is 3.16. The molecule has 0 radical (unpaired) electrons. The van der Waals surface area contributed by atoms with Crippen LogP contribution >= 0.6 is 11.8 Å². The van der Waals surface area contributed by atoms with Crippen molar-refractivity contribution in [2.45, 2.75) is 23.3 Å². The van der Waals surface area contributed by atoms with Gasteiger partial charge in [0.1, 0.15) is 5.75 Å². The summed E-state index contributed by atoms with van der Waals surface area (Å²) in [6, 6.07) is 26.8. The minimum atomic E-state index is 0.307. The molecule has 3 heteroatoms. The third-order valence-electron chi connectivity index (χ3n) is 4.33. The lowest BCUT2D eigenvalue weighted by atomic mass is 10.1. The van der Waals surface area contributed by atoms with E-state index in [0.29, 0.717) is 5.75 Å². The van der Waals surface area contributed by atoms with E-state index < -0.39 is 0 Å². The van der Waals surface area contributed by atoms with Gasteiger partial charge in [-0.3, -0.25) is 0 Å². The maximum Gasteiger partial charge on any atom is 0.116 e. The third-order valence-corrected chi connectivity index (χ3v) is 5.35. The Morgan fingerprint density at radius 3 is 2.28 bits per heavy atom. The van der Waals surface area contributed by atoms with Crippen molar-refractivity contribution in [3.05, 3.63) is 78.9 Å². The van der Waals surface area contributed by atoms with E-state index in [1.807, 2.05) is 18.2 Å². The summed E-state index contributed by atoms with van der Waals surface area (Å²) < 4.78 is 2.29. The van der Waals surface area contributed by atoms with Crippen LogP contribution in [0.2, 0.25) is 0 Å². The fraction of sp³-hybridized carbons (Fsp3) is 0.0909. The molecular formula is C22H19NOS. The molecule has 0 aliphatic heterocycles. The Kier molecular flexibility index (Phi) is 4.24. The molecule has 25 heavy (non-hydrogen) atoms. The molecule has 0 spiro atoms. The summed E-state index contributed by atoms with van der Waals surface area (Å²) in [5, 5.41) is 10.8. The molecule has 4 aromatic rings. The highest BCUT2D eigenvalue weighted by molar-refractivity contribution is 7.99. The maximum atomic E-state index is 9.74. The predicted molar refractivity (Wildman–Crippen MR) is 105 cm³/mol. The second kappa shape index (κ2) is 6.69. The van der Waals surface area contributed by atoms with Crippen LogP contribution in [-0.2, 0) is 6.54 Å². The molecule has 0 fully saturated rings. The number of fused-ring (bicyclic) bond motifs is 1. The second-order valence-corrected chi connectivity index (χ2v) is 7.10. The summed E-state index contributed by atoms with van der Waals surface area (Å²) in [7, 11) is 0. The minimum absolute atomic E-state index is 0.307. The van der Waals surface area contributed by atoms with Gasteiger partial charge >= 0.3 is 0 Å². The summed E-state index contributed by atoms with van der Waals surface area (Å²) >= 11 is 1.77. The molecule has 0 aliphatic rings. The number of hydrogen-bond donors (Lipinski definition) is 1. The van der Waals surface area contributed by atoms with Gasteiger partial charge in [0, 0.05) is 32.9 Å². The number of phenolic OH excluding ortho intramolecular Hbond substituents is 1. The number of aromatic nitrogens is 1. The zero-order chi connectivity index (χ0) is 17.2. The van der Waals surface area contributed by atoms with Gasteiger partial charge in [-0.2, -0.15) is 0 Å². The molecule has 0 unspecified atom stereocenters. The first-order chi connectivity index (χ1) is 12.2. The van der Waals surface area contributed by atoms with Gasteiger partial charge in [-0.05, 0) is 61.0 Å². The topological polar surface area (TPSA) is 25.2 Å². The van der Waals surface area contributed by atoms with Crippen molar-refractivity contribution in [2.75, 3.05) is 0 Å². The van der Waals surface area contributed by atoms with Crippen molar-refractivity contribution < 1.29 is 5.11 Å². The molecule has 0 amide bonds. The van der Waals surface area contributed by atoms with Crippen molar-refractivity contribution in [3.8, 4) is 17.0 Å². The summed E-state index contributed by atoms with van der Waals surface area (Å²) in [5.41, 5.74) is 3.52. The first-order valence-electron chi connectivity index (χ1n) is 8.40. The fourth-order valence-corrected chi connectivity index (χ4v) is 3.99. The molecule has 1 N–H and O–H groups in total. The van der Waals surface area contributed by atoms with Gasteiger partial charge in [0.05, 0.1) is 0 Å². The van der Waals surface area contributed by atoms with Gasteiger partial charge in [-0.25, -0.2) is 0 Å². The Morgan fingerprint density at radius 1 is 0.840 bits per heavy atom. The summed E-state index contributed by atoms with van der Waals surface area (Å²) in [5.74, 6) is 0.307. The zero-order valence-corrected chi connectivity index (χ0v) is 14.8. The number of nitrogens with zero attached hydrogens (tertiary/aromatic N) is 1.